The second kappa shape index (κ2) is 77.8. The van der Waals surface area contributed by atoms with Crippen LogP contribution < -0.4 is 0 Å². The van der Waals surface area contributed by atoms with E-state index >= 15 is 0 Å². The minimum absolute atomic E-state index is 0.108. The van der Waals surface area contributed by atoms with Gasteiger partial charge in [0.25, 0.3) is 0 Å². The van der Waals surface area contributed by atoms with Gasteiger partial charge in [-0.1, -0.05) is 407 Å². The molecule has 0 heterocycles. The van der Waals surface area contributed by atoms with E-state index in [2.05, 4.69) is 34.6 Å². The van der Waals surface area contributed by atoms with Gasteiger partial charge >= 0.3 is 39.5 Å². The number of rotatable bonds is 85. The molecule has 3 unspecified atom stereocenters. The maximum absolute atomic E-state index is 13.1. The standard InChI is InChI=1S/C85H166O17P2/c1-6-10-13-16-19-22-24-26-27-28-29-30-31-35-38-41-45-49-54-59-64-69-83(88)96-75-81(102-85(90)71-66-61-56-51-46-42-39-36-33-32-34-37-40-43-48-52-57-62-67-78(5)9-4)77-100-104(93,94)98-73-79(86)72-97-103(91,92)99-76-80(74-95-82(87)68-63-58-53-47-21-18-15-12-8-3)101-84(89)70-65-60-55-50-44-25-23-20-17-14-11-7-2/h78-81,86H,6-77H2,1-5H3,(H,91,92)(H,93,94)/t78?,79-,80+,81+/m0/s1. The van der Waals surface area contributed by atoms with Crippen LogP contribution >= 0.6 is 15.6 Å². The fourth-order valence-electron chi connectivity index (χ4n) is 13.3. The van der Waals surface area contributed by atoms with Gasteiger partial charge in [-0.2, -0.15) is 0 Å². The molecule has 0 aromatic rings. The molecule has 0 aromatic heterocycles. The molecule has 0 rings (SSSR count). The van der Waals surface area contributed by atoms with Crippen molar-refractivity contribution in [3.8, 4) is 0 Å². The third-order valence-corrected chi connectivity index (χ3v) is 22.3. The summed E-state index contributed by atoms with van der Waals surface area (Å²) in [5, 5.41) is 10.6. The lowest BCUT2D eigenvalue weighted by molar-refractivity contribution is -0.161. The number of unbranched alkanes of at least 4 members (excludes halogenated alkanes) is 56. The summed E-state index contributed by atoms with van der Waals surface area (Å²) < 4.78 is 68.8. The van der Waals surface area contributed by atoms with Gasteiger partial charge in [-0.05, 0) is 31.6 Å². The molecule has 0 bridgehead atoms. The van der Waals surface area contributed by atoms with Gasteiger partial charge in [0.1, 0.15) is 19.3 Å². The van der Waals surface area contributed by atoms with Crippen molar-refractivity contribution in [2.45, 2.75) is 477 Å². The van der Waals surface area contributed by atoms with Gasteiger partial charge in [-0.3, -0.25) is 37.3 Å². The average Bonchev–Trinajstić information content (AvgIpc) is 0.937. The van der Waals surface area contributed by atoms with Crippen LogP contribution in [0, 0.1) is 5.92 Å². The topological polar surface area (TPSA) is 237 Å². The minimum atomic E-state index is -4.96. The Morgan fingerprint density at radius 3 is 0.683 bits per heavy atom. The second-order valence-electron chi connectivity index (χ2n) is 30.8. The Balaban J connectivity index is 5.17. The van der Waals surface area contributed by atoms with Crippen molar-refractivity contribution < 1.29 is 80.2 Å². The molecule has 0 radical (unpaired) electrons. The highest BCUT2D eigenvalue weighted by atomic mass is 31.2. The lowest BCUT2D eigenvalue weighted by Crippen LogP contribution is -2.30. The lowest BCUT2D eigenvalue weighted by atomic mass is 9.99. The highest BCUT2D eigenvalue weighted by Crippen LogP contribution is 2.45. The van der Waals surface area contributed by atoms with Crippen molar-refractivity contribution >= 4 is 39.5 Å². The van der Waals surface area contributed by atoms with Crippen molar-refractivity contribution in [1.29, 1.82) is 0 Å². The van der Waals surface area contributed by atoms with Crippen molar-refractivity contribution in [3.63, 3.8) is 0 Å². The van der Waals surface area contributed by atoms with Crippen LogP contribution in [-0.4, -0.2) is 96.7 Å². The Morgan fingerprint density at radius 2 is 0.462 bits per heavy atom. The van der Waals surface area contributed by atoms with Gasteiger partial charge in [0, 0.05) is 25.7 Å². The summed E-state index contributed by atoms with van der Waals surface area (Å²) in [7, 11) is -9.92. The van der Waals surface area contributed by atoms with Crippen LogP contribution in [0.3, 0.4) is 0 Å². The van der Waals surface area contributed by atoms with Crippen LogP contribution in [0.1, 0.15) is 458 Å². The maximum Gasteiger partial charge on any atom is 0.472 e. The molecule has 19 heteroatoms. The number of phosphoric acid groups is 2. The highest BCUT2D eigenvalue weighted by Gasteiger charge is 2.30. The number of phosphoric ester groups is 2. The molecule has 3 N–H and O–H groups in total. The summed E-state index contributed by atoms with van der Waals surface area (Å²) in [5.41, 5.74) is 0. The zero-order valence-corrected chi connectivity index (χ0v) is 70.0. The van der Waals surface area contributed by atoms with Crippen LogP contribution in [0.25, 0.3) is 0 Å². The van der Waals surface area contributed by atoms with Gasteiger partial charge in [0.05, 0.1) is 26.4 Å². The summed E-state index contributed by atoms with van der Waals surface area (Å²) in [5.74, 6) is -1.23. The van der Waals surface area contributed by atoms with E-state index in [1.54, 1.807) is 0 Å². The number of hydrogen-bond donors (Lipinski definition) is 3. The summed E-state index contributed by atoms with van der Waals surface area (Å²) in [6.45, 7) is 7.40. The fourth-order valence-corrected chi connectivity index (χ4v) is 14.8. The van der Waals surface area contributed by atoms with E-state index < -0.39 is 97.5 Å². The number of esters is 4. The zero-order chi connectivity index (χ0) is 76.2. The molecule has 0 spiro atoms. The molecule has 0 aliphatic heterocycles. The number of ether oxygens (including phenoxy) is 4. The summed E-state index contributed by atoms with van der Waals surface area (Å²) in [4.78, 5) is 73.1. The molecule has 0 aliphatic rings. The van der Waals surface area contributed by atoms with Crippen molar-refractivity contribution in [2.24, 2.45) is 5.92 Å². The van der Waals surface area contributed by atoms with Gasteiger partial charge in [0.2, 0.25) is 0 Å². The molecule has 6 atom stereocenters. The lowest BCUT2D eigenvalue weighted by Gasteiger charge is -2.21. The number of carbonyl (C=O) groups is 4. The van der Waals surface area contributed by atoms with Crippen LogP contribution in [0.4, 0.5) is 0 Å². The third-order valence-electron chi connectivity index (χ3n) is 20.4. The summed E-state index contributed by atoms with van der Waals surface area (Å²) in [6.07, 6.45) is 70.9. The second-order valence-corrected chi connectivity index (χ2v) is 33.7. The quantitative estimate of drug-likeness (QED) is 0.0222. The van der Waals surface area contributed by atoms with E-state index in [-0.39, 0.29) is 25.7 Å². The molecule has 0 saturated carbocycles. The maximum atomic E-state index is 13.1. The molecule has 0 aliphatic carbocycles. The van der Waals surface area contributed by atoms with Gasteiger partial charge in [0.15, 0.2) is 12.2 Å². The molecule has 104 heavy (non-hydrogen) atoms. The van der Waals surface area contributed by atoms with Crippen molar-refractivity contribution in [1.82, 2.24) is 0 Å². The van der Waals surface area contributed by atoms with Crippen LogP contribution in [-0.2, 0) is 65.4 Å². The van der Waals surface area contributed by atoms with E-state index in [1.165, 1.54) is 283 Å². The Bertz CT molecular complexity index is 1980. The van der Waals surface area contributed by atoms with Gasteiger partial charge < -0.3 is 33.8 Å². The van der Waals surface area contributed by atoms with E-state index in [9.17, 15) is 43.2 Å². The summed E-state index contributed by atoms with van der Waals surface area (Å²) in [6, 6.07) is 0. The predicted octanol–water partition coefficient (Wildman–Crippen LogP) is 26.0. The number of carbonyl (C=O) groups excluding carboxylic acids is 4. The SMILES string of the molecule is CCCCCCCCCCCCCCCCCCCCCCCC(=O)OC[C@H](COP(=O)(O)OC[C@@H](O)COP(=O)(O)OC[C@@H](COC(=O)CCCCCCCCCCC)OC(=O)CCCCCCCCCCCCCC)OC(=O)CCCCCCCCCCCCCCCCCCCCC(C)CC. The van der Waals surface area contributed by atoms with E-state index in [1.807, 2.05) is 0 Å². The van der Waals surface area contributed by atoms with Crippen molar-refractivity contribution in [3.05, 3.63) is 0 Å². The smallest absolute Gasteiger partial charge is 0.462 e. The molecular formula is C85H166O17P2. The first-order chi connectivity index (χ1) is 50.6. The first-order valence-corrected chi connectivity index (χ1v) is 47.2. The zero-order valence-electron chi connectivity index (χ0n) is 68.2. The Labute approximate surface area is 638 Å². The third kappa shape index (κ3) is 76.8. The Hall–Kier alpha value is -1.94. The monoisotopic (exact) mass is 1520 g/mol. The molecule has 0 saturated heterocycles. The molecule has 0 aromatic carbocycles. The molecule has 0 amide bonds. The van der Waals surface area contributed by atoms with Crippen LogP contribution in [0.15, 0.2) is 0 Å². The van der Waals surface area contributed by atoms with E-state index in [0.717, 1.165) is 95.8 Å². The van der Waals surface area contributed by atoms with Crippen LogP contribution in [0.2, 0.25) is 0 Å². The molecule has 618 valence electrons. The van der Waals surface area contributed by atoms with E-state index in [4.69, 9.17) is 37.0 Å². The van der Waals surface area contributed by atoms with Crippen LogP contribution in [0.5, 0.6) is 0 Å². The minimum Gasteiger partial charge on any atom is -0.462 e. The first-order valence-electron chi connectivity index (χ1n) is 44.2. The number of aliphatic hydroxyl groups is 1. The number of aliphatic hydroxyl groups excluding tert-OH is 1. The molecular weight excluding hydrogens is 1350 g/mol. The first kappa shape index (κ1) is 102. The fraction of sp³-hybridized carbons (Fsp3) is 0.953. The highest BCUT2D eigenvalue weighted by molar-refractivity contribution is 7.47. The summed E-state index contributed by atoms with van der Waals surface area (Å²) >= 11 is 0. The van der Waals surface area contributed by atoms with Gasteiger partial charge in [-0.15, -0.1) is 0 Å². The van der Waals surface area contributed by atoms with Crippen molar-refractivity contribution in [2.75, 3.05) is 39.6 Å². The Morgan fingerprint density at radius 1 is 0.269 bits per heavy atom. The predicted molar refractivity (Wildman–Crippen MR) is 428 cm³/mol. The average molecular weight is 1520 g/mol. The normalized spacial score (nSPS) is 14.0. The number of hydrogen-bond acceptors (Lipinski definition) is 15. The molecule has 0 fully saturated rings. The largest absolute Gasteiger partial charge is 0.472 e. The van der Waals surface area contributed by atoms with Gasteiger partial charge in [-0.25, -0.2) is 9.13 Å². The Kier molecular flexibility index (Phi) is 76.3. The van der Waals surface area contributed by atoms with E-state index in [0.29, 0.717) is 25.7 Å². The molecule has 17 nitrogen and oxygen atoms in total.